The second-order valence-corrected chi connectivity index (χ2v) is 14.9. The molecule has 0 atom stereocenters. The summed E-state index contributed by atoms with van der Waals surface area (Å²) in [7, 11) is 0. The third-order valence-corrected chi connectivity index (χ3v) is 11.6. The molecule has 2 nitrogen and oxygen atoms in total. The van der Waals surface area contributed by atoms with Crippen molar-refractivity contribution in [2.75, 3.05) is 4.90 Å². The molecular weight excluding hydrogens is 701 g/mol. The third kappa shape index (κ3) is 5.74. The summed E-state index contributed by atoms with van der Waals surface area (Å²) in [6.07, 6.45) is 0. The van der Waals surface area contributed by atoms with E-state index in [0.717, 1.165) is 22.7 Å². The Hall–Kier alpha value is -7.68. The van der Waals surface area contributed by atoms with Crippen LogP contribution in [0.3, 0.4) is 0 Å². The molecule has 11 aromatic rings. The van der Waals surface area contributed by atoms with Gasteiger partial charge in [-0.3, -0.25) is 0 Å². The Morgan fingerprint density at radius 1 is 0.293 bits per heavy atom. The van der Waals surface area contributed by atoms with Gasteiger partial charge in [-0.1, -0.05) is 176 Å². The topological polar surface area (TPSA) is 8.17 Å². The van der Waals surface area contributed by atoms with Gasteiger partial charge >= 0.3 is 0 Å². The fourth-order valence-corrected chi connectivity index (χ4v) is 8.82. The van der Waals surface area contributed by atoms with Gasteiger partial charge in [0.25, 0.3) is 0 Å². The van der Waals surface area contributed by atoms with E-state index in [1.54, 1.807) is 0 Å². The lowest BCUT2D eigenvalue weighted by Gasteiger charge is -2.30. The number of rotatable bonds is 7. The van der Waals surface area contributed by atoms with Gasteiger partial charge < -0.3 is 9.47 Å². The zero-order valence-electron chi connectivity index (χ0n) is 31.8. The average Bonchev–Trinajstić information content (AvgIpc) is 3.64. The van der Waals surface area contributed by atoms with Crippen molar-refractivity contribution in [3.8, 4) is 39.1 Å². The second-order valence-electron chi connectivity index (χ2n) is 14.9. The van der Waals surface area contributed by atoms with E-state index in [2.05, 4.69) is 240 Å². The van der Waals surface area contributed by atoms with Crippen molar-refractivity contribution in [1.29, 1.82) is 0 Å². The van der Waals surface area contributed by atoms with Crippen LogP contribution < -0.4 is 4.90 Å². The monoisotopic (exact) mass is 738 g/mol. The fourth-order valence-electron chi connectivity index (χ4n) is 8.82. The number of hydrogen-bond donors (Lipinski definition) is 0. The predicted molar refractivity (Wildman–Crippen MR) is 247 cm³/mol. The minimum Gasteiger partial charge on any atom is -0.309 e. The van der Waals surface area contributed by atoms with Crippen LogP contribution in [0.5, 0.6) is 0 Å². The molecule has 10 aromatic carbocycles. The van der Waals surface area contributed by atoms with Crippen LogP contribution in [0.25, 0.3) is 82.4 Å². The summed E-state index contributed by atoms with van der Waals surface area (Å²) >= 11 is 0. The Bertz CT molecular complexity index is 3200. The normalized spacial score (nSPS) is 11.4. The Morgan fingerprint density at radius 3 is 1.43 bits per heavy atom. The number of aromatic nitrogens is 1. The number of benzene rings is 10. The molecule has 0 spiro atoms. The van der Waals surface area contributed by atoms with Crippen LogP contribution in [-0.4, -0.2) is 4.57 Å². The largest absolute Gasteiger partial charge is 0.309 e. The van der Waals surface area contributed by atoms with Crippen LogP contribution in [0.2, 0.25) is 0 Å². The Morgan fingerprint density at radius 2 is 0.776 bits per heavy atom. The zero-order chi connectivity index (χ0) is 38.4. The summed E-state index contributed by atoms with van der Waals surface area (Å²) in [5, 5.41) is 7.45. The van der Waals surface area contributed by atoms with Gasteiger partial charge in [0.1, 0.15) is 0 Å². The molecule has 0 aliphatic heterocycles. The van der Waals surface area contributed by atoms with Gasteiger partial charge in [0, 0.05) is 33.1 Å². The van der Waals surface area contributed by atoms with Gasteiger partial charge in [0.15, 0.2) is 0 Å². The molecule has 0 saturated heterocycles. The van der Waals surface area contributed by atoms with Crippen LogP contribution in [0, 0.1) is 0 Å². The van der Waals surface area contributed by atoms with E-state index in [-0.39, 0.29) is 0 Å². The highest BCUT2D eigenvalue weighted by molar-refractivity contribution is 6.15. The van der Waals surface area contributed by atoms with Gasteiger partial charge in [-0.25, -0.2) is 0 Å². The van der Waals surface area contributed by atoms with Crippen LogP contribution in [0.15, 0.2) is 231 Å². The van der Waals surface area contributed by atoms with E-state index in [1.807, 2.05) is 0 Å². The van der Waals surface area contributed by atoms with Crippen molar-refractivity contribution < 1.29 is 0 Å². The predicted octanol–water partition coefficient (Wildman–Crippen LogP) is 15.6. The quantitative estimate of drug-likeness (QED) is 0.148. The minimum absolute atomic E-state index is 1.09. The number of para-hydroxylation sites is 2. The van der Waals surface area contributed by atoms with E-state index in [1.165, 1.54) is 76.7 Å². The molecule has 0 N–H and O–H groups in total. The van der Waals surface area contributed by atoms with E-state index >= 15 is 0 Å². The highest BCUT2D eigenvalue weighted by atomic mass is 15.1. The maximum absolute atomic E-state index is 2.46. The van der Waals surface area contributed by atoms with Gasteiger partial charge in [0.05, 0.1) is 22.4 Å². The number of fused-ring (bicyclic) bond motifs is 6. The molecule has 0 bridgehead atoms. The van der Waals surface area contributed by atoms with Crippen LogP contribution in [-0.2, 0) is 0 Å². The van der Waals surface area contributed by atoms with E-state index in [0.29, 0.717) is 0 Å². The lowest BCUT2D eigenvalue weighted by Crippen LogP contribution is -2.12. The maximum atomic E-state index is 2.46. The van der Waals surface area contributed by atoms with Crippen LogP contribution >= 0.6 is 0 Å². The number of hydrogen-bond acceptors (Lipinski definition) is 1. The highest BCUT2D eigenvalue weighted by Crippen LogP contribution is 2.46. The Balaban J connectivity index is 1.06. The van der Waals surface area contributed by atoms with E-state index < -0.39 is 0 Å². The molecular formula is C56H38N2. The molecule has 1 heterocycles. The van der Waals surface area contributed by atoms with Crippen molar-refractivity contribution >= 4 is 60.4 Å². The van der Waals surface area contributed by atoms with Gasteiger partial charge in [-0.2, -0.15) is 0 Å². The first-order valence-electron chi connectivity index (χ1n) is 19.9. The molecule has 0 radical (unpaired) electrons. The van der Waals surface area contributed by atoms with Gasteiger partial charge in [-0.15, -0.1) is 0 Å². The van der Waals surface area contributed by atoms with Crippen molar-refractivity contribution in [3.05, 3.63) is 231 Å². The zero-order valence-corrected chi connectivity index (χ0v) is 31.8. The van der Waals surface area contributed by atoms with Gasteiger partial charge in [-0.05, 0) is 98.6 Å². The molecule has 0 amide bonds. The maximum Gasteiger partial charge on any atom is 0.0546 e. The van der Waals surface area contributed by atoms with Crippen molar-refractivity contribution in [1.82, 2.24) is 4.57 Å². The Labute approximate surface area is 338 Å². The number of nitrogens with zero attached hydrogens (tertiary/aromatic N) is 2. The molecule has 11 rings (SSSR count). The summed E-state index contributed by atoms with van der Waals surface area (Å²) in [6, 6.07) is 83.7. The SMILES string of the molecule is c1ccc(-c2ccc(N(c3ccc(-c4ccc(-n5c6ccccc6c6ccccc65)cc4)cc3)c3cc4ccccc4c4ccccc34)c(-c3ccccc3)c2)cc1. The van der Waals surface area contributed by atoms with Crippen LogP contribution in [0.4, 0.5) is 17.1 Å². The summed E-state index contributed by atoms with van der Waals surface area (Å²) < 4.78 is 2.37. The molecule has 1 aromatic heterocycles. The average molecular weight is 739 g/mol. The third-order valence-electron chi connectivity index (χ3n) is 11.6. The van der Waals surface area contributed by atoms with Gasteiger partial charge in [0.2, 0.25) is 0 Å². The smallest absolute Gasteiger partial charge is 0.0546 e. The first-order chi connectivity index (χ1) is 28.8. The summed E-state index contributed by atoms with van der Waals surface area (Å²) in [5.41, 5.74) is 14.0. The fraction of sp³-hybridized carbons (Fsp3) is 0. The first-order valence-corrected chi connectivity index (χ1v) is 19.9. The molecule has 272 valence electrons. The number of anilines is 3. The molecule has 0 unspecified atom stereocenters. The standard InChI is InChI=1S/C56H38N2/c1-3-15-39(16-4-1)43-31-36-55(52(37-43)42-17-5-2-6-18-42)58(56-38-44-19-7-8-20-47(44)48-21-9-10-22-49(48)56)46-34-29-41(30-35-46)40-27-32-45(33-28-40)57-53-25-13-11-23-50(53)51-24-12-14-26-54(51)57/h1-38H. The molecule has 2 heteroatoms. The van der Waals surface area contributed by atoms with E-state index in [4.69, 9.17) is 0 Å². The van der Waals surface area contributed by atoms with Crippen LogP contribution in [0.1, 0.15) is 0 Å². The molecule has 0 aliphatic carbocycles. The lowest BCUT2D eigenvalue weighted by atomic mass is 9.94. The summed E-state index contributed by atoms with van der Waals surface area (Å²) in [6.45, 7) is 0. The summed E-state index contributed by atoms with van der Waals surface area (Å²) in [4.78, 5) is 2.46. The first kappa shape index (κ1) is 33.6. The molecule has 0 aliphatic rings. The molecule has 58 heavy (non-hydrogen) atoms. The molecule has 0 saturated carbocycles. The van der Waals surface area contributed by atoms with Crippen molar-refractivity contribution in [2.45, 2.75) is 0 Å². The van der Waals surface area contributed by atoms with Crippen molar-refractivity contribution in [2.24, 2.45) is 0 Å². The highest BCUT2D eigenvalue weighted by Gasteiger charge is 2.21. The molecule has 0 fully saturated rings. The van der Waals surface area contributed by atoms with E-state index in [9.17, 15) is 0 Å². The second kappa shape index (κ2) is 14.1. The summed E-state index contributed by atoms with van der Waals surface area (Å²) in [5.74, 6) is 0. The lowest BCUT2D eigenvalue weighted by molar-refractivity contribution is 1.18. The Kier molecular flexibility index (Phi) is 8.19. The van der Waals surface area contributed by atoms with Crippen molar-refractivity contribution in [3.63, 3.8) is 0 Å². The minimum atomic E-state index is 1.09.